The van der Waals surface area contributed by atoms with E-state index in [-0.39, 0.29) is 5.91 Å². The Morgan fingerprint density at radius 1 is 1.13 bits per heavy atom. The summed E-state index contributed by atoms with van der Waals surface area (Å²) in [4.78, 5) is 16.4. The monoisotopic (exact) mass is 328 g/mol. The van der Waals surface area contributed by atoms with Gasteiger partial charge in [0.2, 0.25) is 5.91 Å². The fraction of sp³-hybridized carbons (Fsp3) is 0.278. The van der Waals surface area contributed by atoms with Gasteiger partial charge in [-0.2, -0.15) is 11.3 Å². The number of nitrogens with zero attached hydrogens (tertiary/aromatic N) is 2. The van der Waals surface area contributed by atoms with Crippen molar-refractivity contribution in [2.45, 2.75) is 0 Å². The predicted molar refractivity (Wildman–Crippen MR) is 95.1 cm³/mol. The largest absolute Gasteiger partial charge is 0.497 e. The molecule has 1 saturated heterocycles. The molecule has 0 radical (unpaired) electrons. The van der Waals surface area contributed by atoms with E-state index in [2.05, 4.69) is 17.0 Å². The third-order valence-corrected chi connectivity index (χ3v) is 4.69. The Hall–Kier alpha value is -2.27. The molecule has 1 amide bonds. The van der Waals surface area contributed by atoms with E-state index in [9.17, 15) is 4.79 Å². The van der Waals surface area contributed by atoms with Crippen LogP contribution in [-0.4, -0.2) is 44.1 Å². The maximum absolute atomic E-state index is 12.2. The molecule has 120 valence electrons. The molecule has 0 unspecified atom stereocenters. The minimum atomic E-state index is 0.0885. The van der Waals surface area contributed by atoms with Crippen LogP contribution in [0.5, 0.6) is 5.75 Å². The molecule has 23 heavy (non-hydrogen) atoms. The Bertz CT molecular complexity index is 657. The summed E-state index contributed by atoms with van der Waals surface area (Å²) in [7, 11) is 1.67. The van der Waals surface area contributed by atoms with E-state index in [0.717, 1.165) is 37.5 Å². The summed E-state index contributed by atoms with van der Waals surface area (Å²) in [5.41, 5.74) is 2.26. The van der Waals surface area contributed by atoms with Crippen molar-refractivity contribution in [3.05, 3.63) is 52.7 Å². The lowest BCUT2D eigenvalue weighted by atomic mass is 10.2. The molecule has 5 heteroatoms. The van der Waals surface area contributed by atoms with Crippen LogP contribution in [0.1, 0.15) is 5.56 Å². The van der Waals surface area contributed by atoms with Crippen molar-refractivity contribution >= 4 is 29.0 Å². The molecule has 0 bridgehead atoms. The van der Waals surface area contributed by atoms with Crippen molar-refractivity contribution in [3.8, 4) is 5.75 Å². The normalized spacial score (nSPS) is 15.2. The van der Waals surface area contributed by atoms with Crippen molar-refractivity contribution in [1.29, 1.82) is 0 Å². The average molecular weight is 328 g/mol. The number of amides is 1. The first-order valence-electron chi connectivity index (χ1n) is 7.64. The zero-order valence-electron chi connectivity index (χ0n) is 13.1. The quantitative estimate of drug-likeness (QED) is 0.809. The third-order valence-electron chi connectivity index (χ3n) is 3.99. The zero-order chi connectivity index (χ0) is 16.1. The number of hydrogen-bond donors (Lipinski definition) is 0. The SMILES string of the molecule is COc1ccc(N2CCN(C(=O)C=Cc3ccsc3)CC2)cc1. The van der Waals surface area contributed by atoms with E-state index < -0.39 is 0 Å². The average Bonchev–Trinajstić information content (AvgIpc) is 3.13. The number of thiophene rings is 1. The maximum atomic E-state index is 12.2. The summed E-state index contributed by atoms with van der Waals surface area (Å²) < 4.78 is 5.18. The molecule has 0 saturated carbocycles. The van der Waals surface area contributed by atoms with Crippen LogP contribution in [-0.2, 0) is 4.79 Å². The first-order valence-corrected chi connectivity index (χ1v) is 8.59. The van der Waals surface area contributed by atoms with E-state index in [4.69, 9.17) is 4.74 Å². The molecule has 1 aromatic carbocycles. The van der Waals surface area contributed by atoms with Crippen LogP contribution in [0.2, 0.25) is 0 Å². The Kier molecular flexibility index (Phi) is 4.98. The highest BCUT2D eigenvalue weighted by atomic mass is 32.1. The molecule has 0 spiro atoms. The van der Waals surface area contributed by atoms with Gasteiger partial charge in [-0.15, -0.1) is 0 Å². The minimum absolute atomic E-state index is 0.0885. The zero-order valence-corrected chi connectivity index (χ0v) is 14.0. The van der Waals surface area contributed by atoms with Gasteiger partial charge in [0.1, 0.15) is 5.75 Å². The molecule has 1 fully saturated rings. The van der Waals surface area contributed by atoms with E-state index in [1.807, 2.05) is 39.9 Å². The highest BCUT2D eigenvalue weighted by Crippen LogP contribution is 2.20. The van der Waals surface area contributed by atoms with Crippen molar-refractivity contribution in [3.63, 3.8) is 0 Å². The van der Waals surface area contributed by atoms with Crippen molar-refractivity contribution < 1.29 is 9.53 Å². The summed E-state index contributed by atoms with van der Waals surface area (Å²) in [6.07, 6.45) is 3.56. The molecular weight excluding hydrogens is 308 g/mol. The second kappa shape index (κ2) is 7.33. The summed E-state index contributed by atoms with van der Waals surface area (Å²) >= 11 is 1.64. The number of piperazine rings is 1. The van der Waals surface area contributed by atoms with Gasteiger partial charge in [0.05, 0.1) is 7.11 Å². The number of benzene rings is 1. The number of rotatable bonds is 4. The molecule has 1 aliphatic rings. The second-order valence-electron chi connectivity index (χ2n) is 5.40. The number of anilines is 1. The first kappa shape index (κ1) is 15.6. The highest BCUT2D eigenvalue weighted by Gasteiger charge is 2.19. The van der Waals surface area contributed by atoms with Crippen LogP contribution < -0.4 is 9.64 Å². The van der Waals surface area contributed by atoms with Gasteiger partial charge in [-0.3, -0.25) is 4.79 Å². The van der Waals surface area contributed by atoms with Gasteiger partial charge in [0.25, 0.3) is 0 Å². The second-order valence-corrected chi connectivity index (χ2v) is 6.18. The molecule has 1 aromatic heterocycles. The van der Waals surface area contributed by atoms with Gasteiger partial charge < -0.3 is 14.5 Å². The van der Waals surface area contributed by atoms with E-state index in [1.54, 1.807) is 24.5 Å². The minimum Gasteiger partial charge on any atom is -0.497 e. The van der Waals surface area contributed by atoms with Gasteiger partial charge >= 0.3 is 0 Å². The van der Waals surface area contributed by atoms with Crippen molar-refractivity contribution in [1.82, 2.24) is 4.90 Å². The van der Waals surface area contributed by atoms with Crippen LogP contribution in [0, 0.1) is 0 Å². The van der Waals surface area contributed by atoms with Gasteiger partial charge in [-0.05, 0) is 52.7 Å². The number of methoxy groups -OCH3 is 1. The van der Waals surface area contributed by atoms with E-state index >= 15 is 0 Å². The van der Waals surface area contributed by atoms with Crippen LogP contribution in [0.25, 0.3) is 6.08 Å². The number of hydrogen-bond acceptors (Lipinski definition) is 4. The third kappa shape index (κ3) is 3.93. The van der Waals surface area contributed by atoms with Gasteiger partial charge in [0.15, 0.2) is 0 Å². The van der Waals surface area contributed by atoms with Gasteiger partial charge in [-0.25, -0.2) is 0 Å². The molecule has 4 nitrogen and oxygen atoms in total. The topological polar surface area (TPSA) is 32.8 Å². The first-order chi connectivity index (χ1) is 11.3. The maximum Gasteiger partial charge on any atom is 0.246 e. The summed E-state index contributed by atoms with van der Waals surface area (Å²) in [6, 6.07) is 10.1. The molecule has 3 rings (SSSR count). The summed E-state index contributed by atoms with van der Waals surface area (Å²) in [6.45, 7) is 3.20. The van der Waals surface area contributed by atoms with Crippen molar-refractivity contribution in [2.75, 3.05) is 38.2 Å². The van der Waals surface area contributed by atoms with Crippen molar-refractivity contribution in [2.24, 2.45) is 0 Å². The standard InChI is InChI=1S/C18H20N2O2S/c1-22-17-5-3-16(4-6-17)19-9-11-20(12-10-19)18(21)7-2-15-8-13-23-14-15/h2-8,13-14H,9-12H2,1H3. The fourth-order valence-corrected chi connectivity index (χ4v) is 3.25. The molecular formula is C18H20N2O2S. The van der Waals surface area contributed by atoms with Crippen LogP contribution in [0.3, 0.4) is 0 Å². The molecule has 2 aromatic rings. The Balaban J connectivity index is 1.54. The highest BCUT2D eigenvalue weighted by molar-refractivity contribution is 7.08. The van der Waals surface area contributed by atoms with Gasteiger partial charge in [0, 0.05) is 37.9 Å². The molecule has 0 atom stereocenters. The smallest absolute Gasteiger partial charge is 0.246 e. The number of ether oxygens (including phenoxy) is 1. The fourth-order valence-electron chi connectivity index (χ4n) is 2.62. The number of carbonyl (C=O) groups excluding carboxylic acids is 1. The van der Waals surface area contributed by atoms with Crippen LogP contribution in [0.15, 0.2) is 47.2 Å². The molecule has 0 N–H and O–H groups in total. The Morgan fingerprint density at radius 2 is 1.87 bits per heavy atom. The van der Waals surface area contributed by atoms with E-state index in [1.165, 1.54) is 5.69 Å². The summed E-state index contributed by atoms with van der Waals surface area (Å²) in [5, 5.41) is 4.04. The summed E-state index contributed by atoms with van der Waals surface area (Å²) in [5.74, 6) is 0.951. The number of carbonyl (C=O) groups is 1. The van der Waals surface area contributed by atoms with Crippen LogP contribution in [0.4, 0.5) is 5.69 Å². The lowest BCUT2D eigenvalue weighted by molar-refractivity contribution is -0.126. The lowest BCUT2D eigenvalue weighted by Crippen LogP contribution is -2.48. The predicted octanol–water partition coefficient (Wildman–Crippen LogP) is 3.12. The Labute approximate surface area is 140 Å². The molecule has 0 aliphatic carbocycles. The molecule has 1 aliphatic heterocycles. The van der Waals surface area contributed by atoms with Crippen LogP contribution >= 0.6 is 11.3 Å². The van der Waals surface area contributed by atoms with E-state index in [0.29, 0.717) is 0 Å². The lowest BCUT2D eigenvalue weighted by Gasteiger charge is -2.35. The molecule has 2 heterocycles. The van der Waals surface area contributed by atoms with Gasteiger partial charge in [-0.1, -0.05) is 0 Å². The Morgan fingerprint density at radius 3 is 2.48 bits per heavy atom.